The number of methoxy groups -OCH3 is 1. The third-order valence-electron chi connectivity index (χ3n) is 7.23. The molecule has 1 aliphatic carbocycles. The largest absolute Gasteiger partial charge is 0.465 e. The molecular formula is C30H31N5O4. The summed E-state index contributed by atoms with van der Waals surface area (Å²) >= 11 is 0. The van der Waals surface area contributed by atoms with E-state index in [0.29, 0.717) is 16.8 Å². The van der Waals surface area contributed by atoms with E-state index in [-0.39, 0.29) is 24.4 Å². The Bertz CT molecular complexity index is 1490. The highest BCUT2D eigenvalue weighted by molar-refractivity contribution is 6.02. The zero-order chi connectivity index (χ0) is 27.4. The average molecular weight is 526 g/mol. The molecule has 3 aromatic carbocycles. The van der Waals surface area contributed by atoms with E-state index in [0.717, 1.165) is 42.3 Å². The van der Waals surface area contributed by atoms with E-state index in [1.54, 1.807) is 24.3 Å². The molecule has 4 aromatic rings. The highest BCUT2D eigenvalue weighted by atomic mass is 16.5. The molecule has 0 radical (unpaired) electrons. The van der Waals surface area contributed by atoms with Gasteiger partial charge in [0.15, 0.2) is 0 Å². The number of nitrogens with one attached hydrogen (secondary N) is 1. The number of carbonyl (C=O) groups excluding carboxylic acids is 3. The van der Waals surface area contributed by atoms with Crippen molar-refractivity contribution >= 4 is 34.5 Å². The van der Waals surface area contributed by atoms with E-state index < -0.39 is 12.0 Å². The van der Waals surface area contributed by atoms with Crippen molar-refractivity contribution in [3.63, 3.8) is 0 Å². The smallest absolute Gasteiger partial charge is 0.337 e. The Kier molecular flexibility index (Phi) is 7.67. The van der Waals surface area contributed by atoms with Gasteiger partial charge in [-0.25, -0.2) is 9.48 Å². The molecule has 9 heteroatoms. The molecule has 0 unspecified atom stereocenters. The molecule has 1 N–H and O–H groups in total. The van der Waals surface area contributed by atoms with Gasteiger partial charge in [0.2, 0.25) is 11.8 Å². The van der Waals surface area contributed by atoms with E-state index in [1.807, 2.05) is 55.5 Å². The van der Waals surface area contributed by atoms with E-state index in [1.165, 1.54) is 16.7 Å². The van der Waals surface area contributed by atoms with Gasteiger partial charge in [0.05, 0.1) is 18.2 Å². The summed E-state index contributed by atoms with van der Waals surface area (Å²) in [5.74, 6) is -1.07. The molecule has 1 fully saturated rings. The van der Waals surface area contributed by atoms with Crippen molar-refractivity contribution in [2.45, 2.75) is 51.2 Å². The summed E-state index contributed by atoms with van der Waals surface area (Å²) in [6.45, 7) is 1.80. The summed E-state index contributed by atoms with van der Waals surface area (Å²) in [6, 6.07) is 20.6. The monoisotopic (exact) mass is 525 g/mol. The second-order valence-electron chi connectivity index (χ2n) is 9.79. The van der Waals surface area contributed by atoms with Gasteiger partial charge in [0, 0.05) is 11.7 Å². The molecule has 39 heavy (non-hydrogen) atoms. The van der Waals surface area contributed by atoms with Gasteiger partial charge in [-0.15, -0.1) is 5.10 Å². The Morgan fingerprint density at radius 3 is 2.41 bits per heavy atom. The number of hydrogen-bond acceptors (Lipinski definition) is 6. The van der Waals surface area contributed by atoms with Crippen molar-refractivity contribution in [2.75, 3.05) is 12.0 Å². The Hall–Kier alpha value is -4.53. The Morgan fingerprint density at radius 2 is 1.69 bits per heavy atom. The van der Waals surface area contributed by atoms with Crippen LogP contribution in [0.1, 0.15) is 53.2 Å². The van der Waals surface area contributed by atoms with Gasteiger partial charge in [0.1, 0.15) is 18.1 Å². The number of aryl methyl sites for hydroxylation is 1. The molecule has 0 spiro atoms. The van der Waals surface area contributed by atoms with Crippen molar-refractivity contribution in [2.24, 2.45) is 0 Å². The summed E-state index contributed by atoms with van der Waals surface area (Å²) in [6.07, 6.45) is 3.96. The predicted molar refractivity (Wildman–Crippen MR) is 147 cm³/mol. The lowest BCUT2D eigenvalue weighted by Crippen LogP contribution is -2.47. The van der Waals surface area contributed by atoms with Gasteiger partial charge in [-0.05, 0) is 67.3 Å². The lowest BCUT2D eigenvalue weighted by atomic mass is 9.97. The number of aromatic nitrogens is 3. The molecule has 1 aliphatic rings. The number of rotatable bonds is 8. The van der Waals surface area contributed by atoms with Gasteiger partial charge < -0.3 is 10.1 Å². The molecular weight excluding hydrogens is 494 g/mol. The van der Waals surface area contributed by atoms with Gasteiger partial charge in [-0.2, -0.15) is 0 Å². The number of nitrogens with zero attached hydrogens (tertiary/aromatic N) is 4. The number of amides is 2. The molecule has 9 nitrogen and oxygen atoms in total. The standard InChI is InChI=1S/C30H31N5O4/c1-20-9-3-6-12-24(20)28(29(37)31-22-10-4-5-11-22)35(23-17-15-21(16-18-23)30(38)39-2)27(36)19-34-26-14-8-7-13-25(26)32-33-34/h3,6-9,12-18,22,28H,4-5,10-11,19H2,1-2H3,(H,31,37)/t28-/m1/s1. The van der Waals surface area contributed by atoms with Gasteiger partial charge >= 0.3 is 5.97 Å². The second kappa shape index (κ2) is 11.5. The molecule has 1 aromatic heterocycles. The van der Waals surface area contributed by atoms with Crippen LogP contribution in [0.15, 0.2) is 72.8 Å². The molecule has 0 bridgehead atoms. The first-order valence-corrected chi connectivity index (χ1v) is 13.1. The van der Waals surface area contributed by atoms with E-state index >= 15 is 0 Å². The minimum absolute atomic E-state index is 0.0712. The van der Waals surface area contributed by atoms with Crippen molar-refractivity contribution in [3.8, 4) is 0 Å². The van der Waals surface area contributed by atoms with Crippen molar-refractivity contribution in [3.05, 3.63) is 89.5 Å². The zero-order valence-electron chi connectivity index (χ0n) is 22.0. The average Bonchev–Trinajstić information content (AvgIpc) is 3.62. The molecule has 200 valence electrons. The minimum atomic E-state index is -0.932. The van der Waals surface area contributed by atoms with E-state index in [4.69, 9.17) is 4.74 Å². The van der Waals surface area contributed by atoms with Gasteiger partial charge in [-0.3, -0.25) is 14.5 Å². The maximum atomic E-state index is 14.2. The summed E-state index contributed by atoms with van der Waals surface area (Å²) < 4.78 is 6.38. The third-order valence-corrected chi connectivity index (χ3v) is 7.23. The van der Waals surface area contributed by atoms with Crippen molar-refractivity contribution in [1.82, 2.24) is 20.3 Å². The fraction of sp³-hybridized carbons (Fsp3) is 0.300. The van der Waals surface area contributed by atoms with Crippen molar-refractivity contribution < 1.29 is 19.1 Å². The number of para-hydroxylation sites is 1. The van der Waals surface area contributed by atoms with Crippen LogP contribution < -0.4 is 10.2 Å². The van der Waals surface area contributed by atoms with Gasteiger partial charge in [0.25, 0.3) is 0 Å². The number of ether oxygens (including phenoxy) is 1. The summed E-state index contributed by atoms with van der Waals surface area (Å²) in [4.78, 5) is 41.7. The van der Waals surface area contributed by atoms with Crippen LogP contribution in [0.3, 0.4) is 0 Å². The zero-order valence-corrected chi connectivity index (χ0v) is 22.0. The Morgan fingerprint density at radius 1 is 1.00 bits per heavy atom. The van der Waals surface area contributed by atoms with Crippen LogP contribution in [-0.2, 0) is 20.9 Å². The van der Waals surface area contributed by atoms with Crippen LogP contribution in [0.4, 0.5) is 5.69 Å². The Labute approximate surface area is 226 Å². The normalized spacial score (nSPS) is 14.2. The maximum absolute atomic E-state index is 14.2. The summed E-state index contributed by atoms with van der Waals surface area (Å²) in [7, 11) is 1.32. The van der Waals surface area contributed by atoms with Crippen molar-refractivity contribution in [1.29, 1.82) is 0 Å². The Balaban J connectivity index is 1.59. The number of esters is 1. The number of carbonyl (C=O) groups is 3. The molecule has 0 aliphatic heterocycles. The second-order valence-corrected chi connectivity index (χ2v) is 9.79. The van der Waals surface area contributed by atoms with Crippen LogP contribution in [0, 0.1) is 6.92 Å². The van der Waals surface area contributed by atoms with E-state index in [9.17, 15) is 14.4 Å². The number of fused-ring (bicyclic) bond motifs is 1. The highest BCUT2D eigenvalue weighted by Gasteiger charge is 2.35. The number of anilines is 1. The SMILES string of the molecule is COC(=O)c1ccc(N(C(=O)Cn2nnc3ccccc32)[C@@H](C(=O)NC2CCCC2)c2ccccc2C)cc1. The van der Waals surface area contributed by atoms with Crippen LogP contribution in [0.5, 0.6) is 0 Å². The topological polar surface area (TPSA) is 106 Å². The quantitative estimate of drug-likeness (QED) is 0.343. The van der Waals surface area contributed by atoms with Crippen LogP contribution in [0.2, 0.25) is 0 Å². The first-order valence-electron chi connectivity index (χ1n) is 13.1. The fourth-order valence-corrected chi connectivity index (χ4v) is 5.19. The maximum Gasteiger partial charge on any atom is 0.337 e. The predicted octanol–water partition coefficient (Wildman–Crippen LogP) is 4.36. The highest BCUT2D eigenvalue weighted by Crippen LogP contribution is 2.32. The molecule has 2 amide bonds. The molecule has 1 atom stereocenters. The first-order chi connectivity index (χ1) is 19.0. The minimum Gasteiger partial charge on any atom is -0.465 e. The molecule has 5 rings (SSSR count). The third kappa shape index (κ3) is 5.52. The van der Waals surface area contributed by atoms with Crippen LogP contribution >= 0.6 is 0 Å². The first kappa shape index (κ1) is 26.1. The van der Waals surface area contributed by atoms with Crippen LogP contribution in [-0.4, -0.2) is 45.9 Å². The summed E-state index contributed by atoms with van der Waals surface area (Å²) in [5, 5.41) is 11.6. The van der Waals surface area contributed by atoms with E-state index in [2.05, 4.69) is 15.6 Å². The number of hydrogen-bond donors (Lipinski definition) is 1. The lowest BCUT2D eigenvalue weighted by Gasteiger charge is -2.33. The summed E-state index contributed by atoms with van der Waals surface area (Å²) in [5.41, 5.74) is 3.83. The number of benzene rings is 3. The molecule has 1 heterocycles. The fourth-order valence-electron chi connectivity index (χ4n) is 5.19. The molecule has 0 saturated heterocycles. The molecule has 1 saturated carbocycles. The lowest BCUT2D eigenvalue weighted by molar-refractivity contribution is -0.127. The van der Waals surface area contributed by atoms with Gasteiger partial charge in [-0.1, -0.05) is 54.5 Å². The van der Waals surface area contributed by atoms with Crippen LogP contribution in [0.25, 0.3) is 11.0 Å².